The Morgan fingerprint density at radius 3 is 3.06 bits per heavy atom. The molecule has 0 atom stereocenters. The van der Waals surface area contributed by atoms with E-state index in [4.69, 9.17) is 5.26 Å². The van der Waals surface area contributed by atoms with Gasteiger partial charge in [0, 0.05) is 18.0 Å². The standard InChI is InChI=1S/C13H8N4/c14-7-9-3-4-11-12(6-9)16-8-10-2-1-5-15-13(10)17-11/h1-6,8H,(H,15,17). The molecule has 2 aromatic rings. The van der Waals surface area contributed by atoms with Gasteiger partial charge >= 0.3 is 0 Å². The average molecular weight is 220 g/mol. The molecule has 1 N–H and O–H groups in total. The van der Waals surface area contributed by atoms with Crippen molar-refractivity contribution < 1.29 is 0 Å². The van der Waals surface area contributed by atoms with Crippen molar-refractivity contribution in [2.75, 3.05) is 5.32 Å². The molecule has 17 heavy (non-hydrogen) atoms. The second-order valence-corrected chi connectivity index (χ2v) is 3.67. The van der Waals surface area contributed by atoms with Gasteiger partial charge in [0.25, 0.3) is 0 Å². The topological polar surface area (TPSA) is 61.1 Å². The summed E-state index contributed by atoms with van der Waals surface area (Å²) in [6, 6.07) is 11.3. The summed E-state index contributed by atoms with van der Waals surface area (Å²) >= 11 is 0. The Labute approximate surface area is 98.3 Å². The number of pyridine rings is 1. The monoisotopic (exact) mass is 220 g/mol. The van der Waals surface area contributed by atoms with Crippen molar-refractivity contribution in [3.05, 3.63) is 47.7 Å². The van der Waals surface area contributed by atoms with Gasteiger partial charge in [-0.25, -0.2) is 4.98 Å². The third-order valence-electron chi connectivity index (χ3n) is 2.56. The first-order valence-electron chi connectivity index (χ1n) is 5.17. The highest BCUT2D eigenvalue weighted by Crippen LogP contribution is 2.31. The molecule has 4 heteroatoms. The van der Waals surface area contributed by atoms with E-state index < -0.39 is 0 Å². The van der Waals surface area contributed by atoms with Crippen LogP contribution in [0.5, 0.6) is 0 Å². The van der Waals surface area contributed by atoms with Crippen LogP contribution in [0.3, 0.4) is 0 Å². The largest absolute Gasteiger partial charge is 0.338 e. The summed E-state index contributed by atoms with van der Waals surface area (Å²) in [5.41, 5.74) is 3.14. The molecule has 1 aliphatic rings. The van der Waals surface area contributed by atoms with Gasteiger partial charge in [-0.3, -0.25) is 4.99 Å². The van der Waals surface area contributed by atoms with Crippen LogP contribution in [0.4, 0.5) is 17.2 Å². The van der Waals surface area contributed by atoms with Crippen LogP contribution < -0.4 is 5.32 Å². The van der Waals surface area contributed by atoms with E-state index in [-0.39, 0.29) is 0 Å². The predicted octanol–water partition coefficient (Wildman–Crippen LogP) is 2.76. The van der Waals surface area contributed by atoms with Crippen LogP contribution in [0.25, 0.3) is 0 Å². The number of benzene rings is 1. The zero-order valence-corrected chi connectivity index (χ0v) is 8.88. The quantitative estimate of drug-likeness (QED) is 0.633. The molecular weight excluding hydrogens is 212 g/mol. The molecule has 0 bridgehead atoms. The van der Waals surface area contributed by atoms with E-state index in [9.17, 15) is 0 Å². The minimum absolute atomic E-state index is 0.599. The Hall–Kier alpha value is -2.67. The number of rotatable bonds is 0. The smallest absolute Gasteiger partial charge is 0.139 e. The van der Waals surface area contributed by atoms with Crippen LogP contribution in [-0.2, 0) is 0 Å². The Kier molecular flexibility index (Phi) is 2.09. The van der Waals surface area contributed by atoms with Crippen LogP contribution in [0.2, 0.25) is 0 Å². The summed E-state index contributed by atoms with van der Waals surface area (Å²) in [6.45, 7) is 0. The molecule has 2 heterocycles. The average Bonchev–Trinajstić information content (AvgIpc) is 2.57. The molecule has 0 fully saturated rings. The minimum atomic E-state index is 0.599. The third kappa shape index (κ3) is 1.64. The van der Waals surface area contributed by atoms with Crippen molar-refractivity contribution in [2.45, 2.75) is 0 Å². The number of aromatic nitrogens is 1. The first kappa shape index (κ1) is 9.55. The summed E-state index contributed by atoms with van der Waals surface area (Å²) in [5, 5.41) is 12.1. The van der Waals surface area contributed by atoms with Crippen LogP contribution in [0.15, 0.2) is 41.5 Å². The van der Waals surface area contributed by atoms with Crippen molar-refractivity contribution in [3.63, 3.8) is 0 Å². The first-order valence-corrected chi connectivity index (χ1v) is 5.17. The Bertz CT molecular complexity index is 653. The predicted molar refractivity (Wildman–Crippen MR) is 65.9 cm³/mol. The van der Waals surface area contributed by atoms with Gasteiger partial charge in [0.05, 0.1) is 23.0 Å². The van der Waals surface area contributed by atoms with E-state index in [2.05, 4.69) is 21.4 Å². The lowest BCUT2D eigenvalue weighted by atomic mass is 10.2. The summed E-state index contributed by atoms with van der Waals surface area (Å²) in [6.07, 6.45) is 3.48. The zero-order chi connectivity index (χ0) is 11.7. The molecule has 1 aliphatic heterocycles. The minimum Gasteiger partial charge on any atom is -0.338 e. The van der Waals surface area contributed by atoms with Crippen molar-refractivity contribution in [2.24, 2.45) is 4.99 Å². The summed E-state index contributed by atoms with van der Waals surface area (Å²) in [7, 11) is 0. The van der Waals surface area contributed by atoms with Gasteiger partial charge < -0.3 is 5.32 Å². The van der Waals surface area contributed by atoms with E-state index in [0.717, 1.165) is 22.8 Å². The normalized spacial score (nSPS) is 11.7. The van der Waals surface area contributed by atoms with Crippen LogP contribution in [0, 0.1) is 11.3 Å². The fourth-order valence-electron chi connectivity index (χ4n) is 1.71. The number of nitrogens with zero attached hydrogens (tertiary/aromatic N) is 3. The van der Waals surface area contributed by atoms with Crippen molar-refractivity contribution >= 4 is 23.4 Å². The number of fused-ring (bicyclic) bond motifs is 2. The maximum Gasteiger partial charge on any atom is 0.139 e. The molecule has 1 aromatic carbocycles. The van der Waals surface area contributed by atoms with Gasteiger partial charge in [-0.1, -0.05) is 0 Å². The molecule has 0 spiro atoms. The third-order valence-corrected chi connectivity index (χ3v) is 2.56. The van der Waals surface area contributed by atoms with Gasteiger partial charge in [0.2, 0.25) is 0 Å². The van der Waals surface area contributed by atoms with Crippen LogP contribution >= 0.6 is 0 Å². The molecule has 0 amide bonds. The van der Waals surface area contributed by atoms with Gasteiger partial charge in [-0.2, -0.15) is 5.26 Å². The van der Waals surface area contributed by atoms with Crippen molar-refractivity contribution in [1.82, 2.24) is 4.98 Å². The second kappa shape index (κ2) is 3.72. The van der Waals surface area contributed by atoms with E-state index in [1.807, 2.05) is 18.2 Å². The molecule has 3 rings (SSSR count). The van der Waals surface area contributed by atoms with Crippen LogP contribution in [-0.4, -0.2) is 11.2 Å². The van der Waals surface area contributed by atoms with E-state index in [1.54, 1.807) is 24.5 Å². The highest BCUT2D eigenvalue weighted by Gasteiger charge is 2.10. The Morgan fingerprint density at radius 2 is 2.18 bits per heavy atom. The van der Waals surface area contributed by atoms with Gasteiger partial charge in [0.15, 0.2) is 0 Å². The second-order valence-electron chi connectivity index (χ2n) is 3.67. The Morgan fingerprint density at radius 1 is 1.24 bits per heavy atom. The number of nitriles is 1. The first-order chi connectivity index (χ1) is 8.36. The molecule has 0 radical (unpaired) electrons. The van der Waals surface area contributed by atoms with Gasteiger partial charge in [-0.15, -0.1) is 0 Å². The van der Waals surface area contributed by atoms with E-state index in [0.29, 0.717) is 5.56 Å². The summed E-state index contributed by atoms with van der Waals surface area (Å²) in [4.78, 5) is 8.61. The lowest BCUT2D eigenvalue weighted by molar-refractivity contribution is 1.31. The summed E-state index contributed by atoms with van der Waals surface area (Å²) in [5.74, 6) is 0.778. The fourth-order valence-corrected chi connectivity index (χ4v) is 1.71. The zero-order valence-electron chi connectivity index (χ0n) is 8.88. The maximum absolute atomic E-state index is 8.85. The number of hydrogen-bond acceptors (Lipinski definition) is 4. The highest BCUT2D eigenvalue weighted by atomic mass is 15.0. The van der Waals surface area contributed by atoms with Crippen LogP contribution in [0.1, 0.15) is 11.1 Å². The molecule has 0 aliphatic carbocycles. The number of aliphatic imine (C=N–C) groups is 1. The molecule has 80 valence electrons. The molecule has 0 saturated heterocycles. The molecule has 4 nitrogen and oxygen atoms in total. The number of hydrogen-bond donors (Lipinski definition) is 1. The SMILES string of the molecule is N#Cc1ccc2c(c1)N=Cc1cccnc1N2. The van der Waals surface area contributed by atoms with Crippen molar-refractivity contribution in [1.29, 1.82) is 5.26 Å². The summed E-state index contributed by atoms with van der Waals surface area (Å²) < 4.78 is 0. The lowest BCUT2D eigenvalue weighted by Crippen LogP contribution is -1.95. The molecule has 0 saturated carbocycles. The molecule has 0 unspecified atom stereocenters. The van der Waals surface area contributed by atoms with Crippen molar-refractivity contribution in [3.8, 4) is 6.07 Å². The Balaban J connectivity index is 2.15. The maximum atomic E-state index is 8.85. The van der Waals surface area contributed by atoms with Gasteiger partial charge in [0.1, 0.15) is 5.82 Å². The van der Waals surface area contributed by atoms with Gasteiger partial charge in [-0.05, 0) is 30.3 Å². The lowest BCUT2D eigenvalue weighted by Gasteiger charge is -2.07. The molecule has 1 aromatic heterocycles. The molecular formula is C13H8N4. The number of nitrogens with one attached hydrogen (secondary N) is 1. The van der Waals surface area contributed by atoms with E-state index >= 15 is 0 Å². The fraction of sp³-hybridized carbons (Fsp3) is 0. The van der Waals surface area contributed by atoms with E-state index in [1.165, 1.54) is 0 Å². The number of anilines is 2. The highest BCUT2D eigenvalue weighted by molar-refractivity contribution is 5.93.